The van der Waals surface area contributed by atoms with Gasteiger partial charge in [-0.3, -0.25) is 4.79 Å². The van der Waals surface area contributed by atoms with Crippen LogP contribution in [0, 0.1) is 11.8 Å². The molecule has 0 radical (unpaired) electrons. The first-order valence-corrected chi connectivity index (χ1v) is 12.4. The van der Waals surface area contributed by atoms with Gasteiger partial charge >= 0.3 is 5.97 Å². The van der Waals surface area contributed by atoms with Crippen molar-refractivity contribution in [3.05, 3.63) is 0 Å². The Bertz CT molecular complexity index is 755. The van der Waals surface area contributed by atoms with E-state index in [-0.39, 0.29) is 30.2 Å². The molecule has 188 valence electrons. The molecule has 0 aromatic carbocycles. The molecule has 0 aromatic rings. The number of methoxy groups -OCH3 is 2. The van der Waals surface area contributed by atoms with Crippen LogP contribution in [0.1, 0.15) is 20.8 Å². The summed E-state index contributed by atoms with van der Waals surface area (Å²) < 4.78 is 26.5. The van der Waals surface area contributed by atoms with Crippen LogP contribution in [0.3, 0.4) is 0 Å². The van der Waals surface area contributed by atoms with Gasteiger partial charge in [0.05, 0.1) is 33.0 Å². The van der Waals surface area contributed by atoms with Crippen LogP contribution in [-0.2, 0) is 28.5 Å². The zero-order valence-electron chi connectivity index (χ0n) is 19.2. The second-order valence-electron chi connectivity index (χ2n) is 8.19. The Hall–Kier alpha value is -1.09. The predicted molar refractivity (Wildman–Crippen MR) is 123 cm³/mol. The van der Waals surface area contributed by atoms with Crippen molar-refractivity contribution in [3.8, 4) is 0 Å². The third kappa shape index (κ3) is 5.95. The van der Waals surface area contributed by atoms with Crippen LogP contribution in [-0.4, -0.2) is 107 Å². The molecule has 0 saturated carbocycles. The van der Waals surface area contributed by atoms with Gasteiger partial charge in [-0.25, -0.2) is 9.98 Å². The highest BCUT2D eigenvalue weighted by Gasteiger charge is 2.48. The second kappa shape index (κ2) is 11.6. The number of esters is 1. The SMILES string of the molecule is COC1=N[C@@H]2[C@@H](C)[C@H](C)[C@@H](COC(C)=O)O[C@@H]2S1.COC1=N[C@@H]2[C@@H](O)[C@H](O)[C@@H](CO)O[C@@H]2S1. The average molecular weight is 509 g/mol. The Morgan fingerprint density at radius 3 is 2.03 bits per heavy atom. The van der Waals surface area contributed by atoms with E-state index in [4.69, 9.17) is 28.8 Å². The van der Waals surface area contributed by atoms with Gasteiger partial charge in [0, 0.05) is 6.92 Å². The van der Waals surface area contributed by atoms with Crippen molar-refractivity contribution < 1.29 is 43.8 Å². The molecule has 13 heteroatoms. The van der Waals surface area contributed by atoms with Gasteiger partial charge in [-0.1, -0.05) is 13.8 Å². The highest BCUT2D eigenvalue weighted by Crippen LogP contribution is 2.42. The Kier molecular flexibility index (Phi) is 9.29. The lowest BCUT2D eigenvalue weighted by Crippen LogP contribution is -2.55. The van der Waals surface area contributed by atoms with Crippen molar-refractivity contribution in [1.82, 2.24) is 0 Å². The molecule has 4 aliphatic rings. The third-order valence-corrected chi connectivity index (χ3v) is 8.33. The molecule has 0 amide bonds. The molecule has 11 nitrogen and oxygen atoms in total. The van der Waals surface area contributed by atoms with Crippen molar-refractivity contribution in [2.24, 2.45) is 21.8 Å². The molecular weight excluding hydrogens is 476 g/mol. The molecular formula is C20H32N2O9S2. The normalized spacial score (nSPS) is 41.6. The van der Waals surface area contributed by atoms with Gasteiger partial charge in [0.15, 0.2) is 0 Å². The maximum Gasteiger partial charge on any atom is 0.302 e. The summed E-state index contributed by atoms with van der Waals surface area (Å²) in [6.45, 7) is 5.67. The zero-order valence-corrected chi connectivity index (χ0v) is 20.8. The molecule has 2 fully saturated rings. The van der Waals surface area contributed by atoms with Gasteiger partial charge in [0.25, 0.3) is 0 Å². The number of nitrogens with zero attached hydrogens (tertiary/aromatic N) is 2. The van der Waals surface area contributed by atoms with Crippen molar-refractivity contribution >= 4 is 40.0 Å². The number of aliphatic hydroxyl groups excluding tert-OH is 3. The van der Waals surface area contributed by atoms with Crippen LogP contribution in [0.5, 0.6) is 0 Å². The second-order valence-corrected chi connectivity index (χ2v) is 10.3. The Balaban J connectivity index is 0.000000189. The van der Waals surface area contributed by atoms with Crippen molar-refractivity contribution in [2.75, 3.05) is 27.4 Å². The molecule has 4 rings (SSSR count). The first-order chi connectivity index (χ1) is 15.7. The summed E-state index contributed by atoms with van der Waals surface area (Å²) in [6.07, 6.45) is -2.97. The van der Waals surface area contributed by atoms with E-state index >= 15 is 0 Å². The number of thioether (sulfide) groups is 2. The van der Waals surface area contributed by atoms with Crippen molar-refractivity contribution in [2.45, 2.75) is 68.1 Å². The van der Waals surface area contributed by atoms with Gasteiger partial charge in [-0.05, 0) is 35.4 Å². The Morgan fingerprint density at radius 1 is 0.939 bits per heavy atom. The lowest BCUT2D eigenvalue weighted by molar-refractivity contribution is -0.164. The number of carbonyl (C=O) groups excluding carboxylic acids is 1. The van der Waals surface area contributed by atoms with E-state index in [1.807, 2.05) is 0 Å². The lowest BCUT2D eigenvalue weighted by Gasteiger charge is -2.39. The van der Waals surface area contributed by atoms with Gasteiger partial charge in [0.1, 0.15) is 41.8 Å². The lowest BCUT2D eigenvalue weighted by atomic mass is 9.83. The van der Waals surface area contributed by atoms with Crippen LogP contribution in [0.4, 0.5) is 0 Å². The number of carbonyl (C=O) groups is 1. The number of hydrogen-bond donors (Lipinski definition) is 3. The molecule has 10 atom stereocenters. The summed E-state index contributed by atoms with van der Waals surface area (Å²) in [5.74, 6) is 0.407. The van der Waals surface area contributed by atoms with E-state index < -0.39 is 29.8 Å². The third-order valence-electron chi connectivity index (χ3n) is 6.13. The fourth-order valence-corrected chi connectivity index (χ4v) is 6.11. The number of rotatable bonds is 3. The molecule has 0 aliphatic carbocycles. The van der Waals surface area contributed by atoms with E-state index in [2.05, 4.69) is 23.8 Å². The van der Waals surface area contributed by atoms with Gasteiger partial charge in [0.2, 0.25) is 10.5 Å². The van der Waals surface area contributed by atoms with Crippen LogP contribution in [0.2, 0.25) is 0 Å². The molecule has 2 saturated heterocycles. The number of fused-ring (bicyclic) bond motifs is 2. The minimum atomic E-state index is -1.11. The fraction of sp³-hybridized carbons (Fsp3) is 0.850. The summed E-state index contributed by atoms with van der Waals surface area (Å²) in [4.78, 5) is 19.5. The minimum Gasteiger partial charge on any atom is -0.476 e. The minimum absolute atomic E-state index is 0.0216. The fourth-order valence-electron chi connectivity index (χ4n) is 3.95. The smallest absolute Gasteiger partial charge is 0.302 e. The maximum absolute atomic E-state index is 10.9. The molecule has 0 aromatic heterocycles. The number of ether oxygens (including phenoxy) is 5. The molecule has 4 heterocycles. The molecule has 0 spiro atoms. The molecule has 0 unspecified atom stereocenters. The molecule has 4 aliphatic heterocycles. The Morgan fingerprint density at radius 2 is 1.48 bits per heavy atom. The summed E-state index contributed by atoms with van der Waals surface area (Å²) in [7, 11) is 3.10. The molecule has 3 N–H and O–H groups in total. The number of aliphatic imine (C=N–C) groups is 2. The molecule has 0 bridgehead atoms. The first kappa shape index (κ1) is 26.5. The van der Waals surface area contributed by atoms with E-state index in [0.717, 1.165) is 0 Å². The van der Waals surface area contributed by atoms with Gasteiger partial charge in [-0.15, -0.1) is 0 Å². The van der Waals surface area contributed by atoms with Crippen LogP contribution in [0.25, 0.3) is 0 Å². The average Bonchev–Trinajstić information content (AvgIpc) is 3.42. The summed E-state index contributed by atoms with van der Waals surface area (Å²) in [5, 5.41) is 29.4. The predicted octanol–water partition coefficient (Wildman–Crippen LogP) is 0.208. The van der Waals surface area contributed by atoms with Crippen LogP contribution >= 0.6 is 23.5 Å². The largest absolute Gasteiger partial charge is 0.476 e. The van der Waals surface area contributed by atoms with Gasteiger partial charge < -0.3 is 39.0 Å². The van der Waals surface area contributed by atoms with E-state index in [1.54, 1.807) is 7.11 Å². The van der Waals surface area contributed by atoms with Crippen molar-refractivity contribution in [3.63, 3.8) is 0 Å². The quantitative estimate of drug-likeness (QED) is 0.449. The highest BCUT2D eigenvalue weighted by molar-refractivity contribution is 8.14. The van der Waals surface area contributed by atoms with E-state index in [1.165, 1.54) is 37.6 Å². The van der Waals surface area contributed by atoms with E-state index in [9.17, 15) is 15.0 Å². The van der Waals surface area contributed by atoms with Gasteiger partial charge in [-0.2, -0.15) is 0 Å². The van der Waals surface area contributed by atoms with Crippen molar-refractivity contribution in [1.29, 1.82) is 0 Å². The maximum atomic E-state index is 10.9. The summed E-state index contributed by atoms with van der Waals surface area (Å²) in [6, 6.07) is -0.392. The number of aliphatic hydroxyl groups is 3. The monoisotopic (exact) mass is 508 g/mol. The Labute approximate surface area is 201 Å². The van der Waals surface area contributed by atoms with Crippen LogP contribution < -0.4 is 0 Å². The topological polar surface area (TPSA) is 149 Å². The summed E-state index contributed by atoms with van der Waals surface area (Å²) >= 11 is 2.75. The highest BCUT2D eigenvalue weighted by atomic mass is 32.2. The summed E-state index contributed by atoms with van der Waals surface area (Å²) in [5.41, 5.74) is -0.415. The van der Waals surface area contributed by atoms with Crippen LogP contribution in [0.15, 0.2) is 9.98 Å². The van der Waals surface area contributed by atoms with E-state index in [0.29, 0.717) is 28.9 Å². The molecule has 33 heavy (non-hydrogen) atoms. The first-order valence-electron chi connectivity index (χ1n) is 10.7. The zero-order chi connectivity index (χ0) is 24.3. The standard InChI is InChI=1S/C12H19NO4S.C8H13NO5S/c1-6-7(2)10-11(18-12(13-10)15-4)17-9(6)5-16-8(3)14;1-13-8-9-4-6(12)5(11)3(2-10)14-7(4)15-8/h6-7,9-11H,5H2,1-4H3;3-7,10-12H,2H2,1H3/t6-,7-,9+,10+,11+;3-,4-,5-,6-,7-/m01/s1. The number of hydrogen-bond acceptors (Lipinski definition) is 13.